The van der Waals surface area contributed by atoms with Gasteiger partial charge in [0.2, 0.25) is 0 Å². The Hall–Kier alpha value is -1.00. The van der Waals surface area contributed by atoms with Gasteiger partial charge in [0.15, 0.2) is 11.6 Å². The highest BCUT2D eigenvalue weighted by Gasteiger charge is 2.43. The van der Waals surface area contributed by atoms with Crippen LogP contribution in [0.5, 0.6) is 0 Å². The first-order chi connectivity index (χ1) is 8.61. The Morgan fingerprint density at radius 1 is 1.33 bits per heavy atom. The molecule has 0 aliphatic heterocycles. The molecule has 1 unspecified atom stereocenters. The summed E-state index contributed by atoms with van der Waals surface area (Å²) in [7, 11) is 3.60. The number of halogens is 2. The van der Waals surface area contributed by atoms with E-state index in [2.05, 4.69) is 5.32 Å². The number of benzene rings is 1. The summed E-state index contributed by atoms with van der Waals surface area (Å²) >= 11 is 0. The molecule has 1 fully saturated rings. The minimum Gasteiger partial charge on any atom is -0.377 e. The van der Waals surface area contributed by atoms with E-state index in [9.17, 15) is 8.78 Å². The van der Waals surface area contributed by atoms with Crippen LogP contribution in [0.25, 0.3) is 0 Å². The van der Waals surface area contributed by atoms with Crippen LogP contribution < -0.4 is 5.32 Å². The third-order valence-electron chi connectivity index (χ3n) is 4.01. The lowest BCUT2D eigenvalue weighted by Crippen LogP contribution is -2.56. The molecule has 100 valence electrons. The Morgan fingerprint density at radius 3 is 2.50 bits per heavy atom. The summed E-state index contributed by atoms with van der Waals surface area (Å²) in [6, 6.07) is 4.20. The van der Waals surface area contributed by atoms with Crippen LogP contribution in [0.1, 0.15) is 24.8 Å². The Balaban J connectivity index is 2.12. The first-order valence-corrected chi connectivity index (χ1v) is 6.27. The first kappa shape index (κ1) is 13.4. The van der Waals surface area contributed by atoms with E-state index in [1.807, 2.05) is 7.05 Å². The van der Waals surface area contributed by atoms with Crippen molar-refractivity contribution in [2.45, 2.75) is 37.3 Å². The molecule has 1 aliphatic rings. The van der Waals surface area contributed by atoms with Crippen molar-refractivity contribution in [1.29, 1.82) is 0 Å². The van der Waals surface area contributed by atoms with Gasteiger partial charge in [-0.3, -0.25) is 0 Å². The Labute approximate surface area is 106 Å². The normalized spacial score (nSPS) is 19.3. The van der Waals surface area contributed by atoms with Crippen LogP contribution in [0.4, 0.5) is 8.78 Å². The monoisotopic (exact) mass is 255 g/mol. The van der Waals surface area contributed by atoms with Crippen molar-refractivity contribution in [3.63, 3.8) is 0 Å². The summed E-state index contributed by atoms with van der Waals surface area (Å²) in [4.78, 5) is 0. The molecule has 1 aromatic rings. The Morgan fingerprint density at radius 2 is 2.06 bits per heavy atom. The lowest BCUT2D eigenvalue weighted by atomic mass is 9.72. The highest BCUT2D eigenvalue weighted by molar-refractivity contribution is 5.20. The van der Waals surface area contributed by atoms with E-state index in [0.29, 0.717) is 6.42 Å². The van der Waals surface area contributed by atoms with Gasteiger partial charge in [-0.15, -0.1) is 0 Å². The molecule has 2 nitrogen and oxygen atoms in total. The third kappa shape index (κ3) is 2.40. The van der Waals surface area contributed by atoms with Crippen LogP contribution >= 0.6 is 0 Å². The number of ether oxygens (including phenoxy) is 1. The molecule has 1 aliphatic carbocycles. The summed E-state index contributed by atoms with van der Waals surface area (Å²) < 4.78 is 31.7. The van der Waals surface area contributed by atoms with Crippen molar-refractivity contribution >= 4 is 0 Å². The summed E-state index contributed by atoms with van der Waals surface area (Å²) in [5.41, 5.74) is 0.635. The van der Waals surface area contributed by atoms with Gasteiger partial charge < -0.3 is 10.1 Å². The van der Waals surface area contributed by atoms with Gasteiger partial charge in [0.25, 0.3) is 0 Å². The van der Waals surface area contributed by atoms with Crippen LogP contribution in [0, 0.1) is 11.6 Å². The van der Waals surface area contributed by atoms with Gasteiger partial charge in [0.1, 0.15) is 0 Å². The van der Waals surface area contributed by atoms with Crippen LogP contribution in [-0.2, 0) is 11.2 Å². The maximum atomic E-state index is 13.2. The van der Waals surface area contributed by atoms with E-state index in [-0.39, 0.29) is 11.6 Å². The molecule has 0 heterocycles. The zero-order valence-electron chi connectivity index (χ0n) is 10.8. The van der Waals surface area contributed by atoms with Crippen LogP contribution in [0.3, 0.4) is 0 Å². The second-order valence-electron chi connectivity index (χ2n) is 4.92. The second-order valence-corrected chi connectivity index (χ2v) is 4.92. The number of likely N-dealkylation sites (N-methyl/N-ethyl adjacent to an activating group) is 1. The van der Waals surface area contributed by atoms with E-state index < -0.39 is 11.6 Å². The summed E-state index contributed by atoms with van der Waals surface area (Å²) in [6.45, 7) is 0. The minimum absolute atomic E-state index is 0.126. The number of nitrogens with one attached hydrogen (secondary N) is 1. The molecular formula is C14H19F2NO. The summed E-state index contributed by atoms with van der Waals surface area (Å²) in [5.74, 6) is -1.59. The van der Waals surface area contributed by atoms with E-state index >= 15 is 0 Å². The largest absolute Gasteiger partial charge is 0.377 e. The average molecular weight is 255 g/mol. The van der Waals surface area contributed by atoms with Gasteiger partial charge >= 0.3 is 0 Å². The molecule has 4 heteroatoms. The molecule has 1 saturated carbocycles. The van der Waals surface area contributed by atoms with Gasteiger partial charge in [0, 0.05) is 13.2 Å². The molecule has 1 aromatic carbocycles. The quantitative estimate of drug-likeness (QED) is 0.873. The molecule has 0 bridgehead atoms. The second kappa shape index (κ2) is 5.33. The maximum absolute atomic E-state index is 13.2. The standard InChI is InChI=1S/C14H19F2NO/c1-17-13(14(18-2)6-3-7-14)9-10-4-5-11(15)12(16)8-10/h4-5,8,13,17H,3,6-7,9H2,1-2H3. The minimum atomic E-state index is -0.801. The number of rotatable bonds is 5. The number of methoxy groups -OCH3 is 1. The van der Waals surface area contributed by atoms with Crippen LogP contribution in [0.15, 0.2) is 18.2 Å². The Kier molecular flexibility index (Phi) is 3.97. The van der Waals surface area contributed by atoms with Crippen molar-refractivity contribution in [3.8, 4) is 0 Å². The van der Waals surface area contributed by atoms with Crippen molar-refractivity contribution in [1.82, 2.24) is 5.32 Å². The third-order valence-corrected chi connectivity index (χ3v) is 4.01. The summed E-state index contributed by atoms with van der Waals surface area (Å²) in [5, 5.41) is 3.24. The molecule has 0 saturated heterocycles. The van der Waals surface area contributed by atoms with Gasteiger partial charge in [-0.2, -0.15) is 0 Å². The number of hydrogen-bond donors (Lipinski definition) is 1. The lowest BCUT2D eigenvalue weighted by Gasteiger charge is -2.46. The lowest BCUT2D eigenvalue weighted by molar-refractivity contribution is -0.0966. The van der Waals surface area contributed by atoms with Gasteiger partial charge in [0.05, 0.1) is 5.60 Å². The SMILES string of the molecule is CNC(Cc1ccc(F)c(F)c1)C1(OC)CCC1. The van der Waals surface area contributed by atoms with E-state index in [4.69, 9.17) is 4.74 Å². The van der Waals surface area contributed by atoms with Crippen molar-refractivity contribution in [2.75, 3.05) is 14.2 Å². The maximum Gasteiger partial charge on any atom is 0.159 e. The zero-order chi connectivity index (χ0) is 13.2. The van der Waals surface area contributed by atoms with E-state index in [1.165, 1.54) is 12.1 Å². The van der Waals surface area contributed by atoms with Gasteiger partial charge in [-0.05, 0) is 50.4 Å². The van der Waals surface area contributed by atoms with Crippen molar-refractivity contribution in [2.24, 2.45) is 0 Å². The predicted octanol–water partition coefficient (Wildman–Crippen LogP) is 2.66. The smallest absolute Gasteiger partial charge is 0.159 e. The fourth-order valence-electron chi connectivity index (χ4n) is 2.67. The molecule has 2 rings (SSSR count). The predicted molar refractivity (Wildman–Crippen MR) is 66.5 cm³/mol. The van der Waals surface area contributed by atoms with Crippen LogP contribution in [-0.4, -0.2) is 25.8 Å². The van der Waals surface area contributed by atoms with Crippen molar-refractivity contribution in [3.05, 3.63) is 35.4 Å². The fraction of sp³-hybridized carbons (Fsp3) is 0.571. The molecule has 0 radical (unpaired) electrons. The molecule has 0 amide bonds. The highest BCUT2D eigenvalue weighted by Crippen LogP contribution is 2.39. The number of hydrogen-bond acceptors (Lipinski definition) is 2. The molecule has 1 N–H and O–H groups in total. The molecule has 18 heavy (non-hydrogen) atoms. The van der Waals surface area contributed by atoms with Crippen molar-refractivity contribution < 1.29 is 13.5 Å². The molecule has 0 spiro atoms. The Bertz CT molecular complexity index is 413. The van der Waals surface area contributed by atoms with E-state index in [1.54, 1.807) is 13.2 Å². The summed E-state index contributed by atoms with van der Waals surface area (Å²) in [6.07, 6.45) is 3.82. The molecule has 0 aromatic heterocycles. The van der Waals surface area contributed by atoms with Gasteiger partial charge in [-0.1, -0.05) is 6.07 Å². The van der Waals surface area contributed by atoms with Gasteiger partial charge in [-0.25, -0.2) is 8.78 Å². The average Bonchev–Trinajstić information content (AvgIpc) is 2.31. The first-order valence-electron chi connectivity index (χ1n) is 6.27. The highest BCUT2D eigenvalue weighted by atomic mass is 19.2. The topological polar surface area (TPSA) is 21.3 Å². The van der Waals surface area contributed by atoms with Crippen LogP contribution in [0.2, 0.25) is 0 Å². The zero-order valence-corrected chi connectivity index (χ0v) is 10.8. The molecule has 1 atom stereocenters. The van der Waals surface area contributed by atoms with E-state index in [0.717, 1.165) is 24.8 Å². The molecular weight excluding hydrogens is 236 g/mol. The fourth-order valence-corrected chi connectivity index (χ4v) is 2.67.